The van der Waals surface area contributed by atoms with E-state index in [1.807, 2.05) is 67.5 Å². The smallest absolute Gasteiger partial charge is 0.240 e. The summed E-state index contributed by atoms with van der Waals surface area (Å²) < 4.78 is 5.38. The largest absolute Gasteiger partial charge is 0.378 e. The zero-order valence-electron chi connectivity index (χ0n) is 18.2. The third kappa shape index (κ3) is 5.60. The van der Waals surface area contributed by atoms with Crippen molar-refractivity contribution in [3.8, 4) is 0 Å². The average molecular weight is 454 g/mol. The maximum Gasteiger partial charge on any atom is 0.240 e. The number of thioether (sulfide) groups is 1. The lowest BCUT2D eigenvalue weighted by Crippen LogP contribution is -2.36. The molecule has 0 bridgehead atoms. The van der Waals surface area contributed by atoms with E-state index in [9.17, 15) is 9.59 Å². The molecule has 2 fully saturated rings. The third-order valence-corrected chi connectivity index (χ3v) is 6.35. The summed E-state index contributed by atoms with van der Waals surface area (Å²) >= 11 is 1.28. The number of benzene rings is 2. The van der Waals surface area contributed by atoms with Gasteiger partial charge in [-0.15, -0.1) is 0 Å². The molecule has 9 heteroatoms. The number of amides is 2. The number of ether oxygens (including phenoxy) is 1. The lowest BCUT2D eigenvalue weighted by atomic mass is 10.2. The number of rotatable bonds is 6. The number of morpholine rings is 1. The van der Waals surface area contributed by atoms with Crippen LogP contribution in [-0.4, -0.2) is 62.6 Å². The van der Waals surface area contributed by atoms with Gasteiger partial charge in [-0.1, -0.05) is 11.8 Å². The van der Waals surface area contributed by atoms with Crippen molar-refractivity contribution in [1.82, 2.24) is 5.32 Å². The third-order valence-electron chi connectivity index (χ3n) is 5.27. The Balaban J connectivity index is 1.31. The summed E-state index contributed by atoms with van der Waals surface area (Å²) in [4.78, 5) is 33.6. The van der Waals surface area contributed by atoms with Gasteiger partial charge in [-0.05, 0) is 48.5 Å². The van der Waals surface area contributed by atoms with Gasteiger partial charge in [0.15, 0.2) is 5.17 Å². The molecule has 2 amide bonds. The normalized spacial score (nSPS) is 19.7. The second-order valence-electron chi connectivity index (χ2n) is 7.82. The quantitative estimate of drug-likeness (QED) is 0.700. The zero-order valence-corrected chi connectivity index (χ0v) is 19.0. The van der Waals surface area contributed by atoms with E-state index in [1.165, 1.54) is 11.8 Å². The van der Waals surface area contributed by atoms with Crippen LogP contribution < -0.4 is 20.4 Å². The average Bonchev–Trinajstić information content (AvgIpc) is 3.13. The van der Waals surface area contributed by atoms with Gasteiger partial charge in [0, 0.05) is 50.7 Å². The molecule has 2 heterocycles. The van der Waals surface area contributed by atoms with Crippen molar-refractivity contribution in [2.24, 2.45) is 4.99 Å². The number of hydrogen-bond donors (Lipinski definition) is 2. The highest BCUT2D eigenvalue weighted by atomic mass is 32.2. The monoisotopic (exact) mass is 453 g/mol. The van der Waals surface area contributed by atoms with Crippen LogP contribution in [0, 0.1) is 0 Å². The predicted octanol–water partition coefficient (Wildman–Crippen LogP) is 2.84. The molecule has 8 nitrogen and oxygen atoms in total. The van der Waals surface area contributed by atoms with E-state index < -0.39 is 5.25 Å². The molecule has 1 atom stereocenters. The van der Waals surface area contributed by atoms with Gasteiger partial charge in [0.2, 0.25) is 11.8 Å². The lowest BCUT2D eigenvalue weighted by molar-refractivity contribution is -0.122. The Morgan fingerprint density at radius 3 is 2.50 bits per heavy atom. The summed E-state index contributed by atoms with van der Waals surface area (Å²) in [7, 11) is 3.95. The second kappa shape index (κ2) is 10.1. The number of nitrogens with zero attached hydrogens (tertiary/aromatic N) is 3. The number of carbonyl (C=O) groups is 2. The summed E-state index contributed by atoms with van der Waals surface area (Å²) in [6, 6.07) is 15.5. The molecular formula is C23H27N5O3S. The van der Waals surface area contributed by atoms with Crippen molar-refractivity contribution in [2.45, 2.75) is 11.7 Å². The molecule has 2 aromatic rings. The second-order valence-corrected chi connectivity index (χ2v) is 9.01. The highest BCUT2D eigenvalue weighted by molar-refractivity contribution is 8.15. The summed E-state index contributed by atoms with van der Waals surface area (Å²) in [6.45, 7) is 3.19. The minimum atomic E-state index is -0.498. The van der Waals surface area contributed by atoms with E-state index in [2.05, 4.69) is 20.5 Å². The van der Waals surface area contributed by atoms with Crippen LogP contribution in [0.25, 0.3) is 0 Å². The van der Waals surface area contributed by atoms with E-state index >= 15 is 0 Å². The van der Waals surface area contributed by atoms with Crippen molar-refractivity contribution in [1.29, 1.82) is 0 Å². The van der Waals surface area contributed by atoms with Gasteiger partial charge < -0.3 is 25.2 Å². The van der Waals surface area contributed by atoms with Gasteiger partial charge in [0.1, 0.15) is 5.25 Å². The molecule has 32 heavy (non-hydrogen) atoms. The number of amidine groups is 1. The molecular weight excluding hydrogens is 426 g/mol. The molecule has 1 unspecified atom stereocenters. The Labute approximate surface area is 192 Å². The minimum absolute atomic E-state index is 0.0836. The van der Waals surface area contributed by atoms with Crippen LogP contribution in [0.15, 0.2) is 53.5 Å². The van der Waals surface area contributed by atoms with E-state index in [0.717, 1.165) is 43.4 Å². The van der Waals surface area contributed by atoms with Gasteiger partial charge in [0.05, 0.1) is 18.9 Å². The topological polar surface area (TPSA) is 86.3 Å². The van der Waals surface area contributed by atoms with E-state index in [4.69, 9.17) is 4.74 Å². The number of anilines is 3. The molecule has 4 rings (SSSR count). The number of aliphatic imine (C=N–C) groups is 1. The summed E-state index contributed by atoms with van der Waals surface area (Å²) in [5.74, 6) is -0.398. The number of hydrogen-bond acceptors (Lipinski definition) is 7. The Bertz CT molecular complexity index is 986. The first-order valence-electron chi connectivity index (χ1n) is 10.5. The fourth-order valence-electron chi connectivity index (χ4n) is 3.49. The minimum Gasteiger partial charge on any atom is -0.378 e. The molecule has 0 spiro atoms. The van der Waals surface area contributed by atoms with Crippen LogP contribution >= 0.6 is 11.8 Å². The molecule has 2 saturated heterocycles. The maximum absolute atomic E-state index is 12.5. The zero-order chi connectivity index (χ0) is 22.5. The molecule has 2 aromatic carbocycles. The first-order valence-corrected chi connectivity index (χ1v) is 11.4. The fraction of sp³-hybridized carbons (Fsp3) is 0.348. The van der Waals surface area contributed by atoms with Crippen LogP contribution in [0.3, 0.4) is 0 Å². The summed E-state index contributed by atoms with van der Waals surface area (Å²) in [5, 5.41) is 5.67. The van der Waals surface area contributed by atoms with Crippen LogP contribution in [0.1, 0.15) is 6.42 Å². The van der Waals surface area contributed by atoms with E-state index in [1.54, 1.807) is 0 Å². The standard InChI is InChI=1S/C23H27N5O3S/c1-27(2)18-7-3-17(4-8-18)25-23-26-22(30)20(32-23)15-21(29)24-16-5-9-19(10-6-16)28-11-13-31-14-12-28/h3-10,20H,11-15H2,1-2H3,(H,24,29)(H,25,26,30). The van der Waals surface area contributed by atoms with Crippen molar-refractivity contribution in [3.05, 3.63) is 48.5 Å². The fourth-order valence-corrected chi connectivity index (χ4v) is 4.48. The van der Waals surface area contributed by atoms with Gasteiger partial charge in [0.25, 0.3) is 0 Å². The highest BCUT2D eigenvalue weighted by Crippen LogP contribution is 2.27. The van der Waals surface area contributed by atoms with Gasteiger partial charge in [-0.2, -0.15) is 0 Å². The molecule has 168 valence electrons. The molecule has 0 saturated carbocycles. The Hall–Kier alpha value is -3.04. The number of nitrogens with one attached hydrogen (secondary N) is 2. The Kier molecular flexibility index (Phi) is 6.96. The first kappa shape index (κ1) is 22.2. The van der Waals surface area contributed by atoms with Crippen molar-refractivity contribution < 1.29 is 14.3 Å². The van der Waals surface area contributed by atoms with Crippen LogP contribution in [0.2, 0.25) is 0 Å². The highest BCUT2D eigenvalue weighted by Gasteiger charge is 2.32. The summed E-state index contributed by atoms with van der Waals surface area (Å²) in [6.07, 6.45) is 0.0836. The Morgan fingerprint density at radius 2 is 1.84 bits per heavy atom. The van der Waals surface area contributed by atoms with E-state index in [0.29, 0.717) is 10.9 Å². The van der Waals surface area contributed by atoms with Crippen LogP contribution in [0.5, 0.6) is 0 Å². The van der Waals surface area contributed by atoms with Gasteiger partial charge in [-0.25, -0.2) is 4.99 Å². The molecule has 0 aliphatic carbocycles. The first-order chi connectivity index (χ1) is 15.5. The van der Waals surface area contributed by atoms with Crippen molar-refractivity contribution in [3.63, 3.8) is 0 Å². The summed E-state index contributed by atoms with van der Waals surface area (Å²) in [5.41, 5.74) is 3.65. The van der Waals surface area contributed by atoms with Crippen molar-refractivity contribution >= 4 is 51.5 Å². The molecule has 2 aliphatic heterocycles. The Morgan fingerprint density at radius 1 is 1.16 bits per heavy atom. The van der Waals surface area contributed by atoms with Crippen LogP contribution in [-0.2, 0) is 14.3 Å². The number of carbonyl (C=O) groups excluding carboxylic acids is 2. The SMILES string of the molecule is CN(C)c1ccc(N=C2NC(=O)C(CC(=O)Nc3ccc(N4CCOCC4)cc3)S2)cc1. The molecule has 2 N–H and O–H groups in total. The van der Waals surface area contributed by atoms with Crippen LogP contribution in [0.4, 0.5) is 22.7 Å². The molecule has 0 radical (unpaired) electrons. The maximum atomic E-state index is 12.5. The van der Waals surface area contributed by atoms with E-state index in [-0.39, 0.29) is 18.2 Å². The van der Waals surface area contributed by atoms with Crippen molar-refractivity contribution in [2.75, 3.05) is 55.5 Å². The molecule has 2 aliphatic rings. The predicted molar refractivity (Wildman–Crippen MR) is 130 cm³/mol. The van der Waals surface area contributed by atoms with Gasteiger partial charge in [-0.3, -0.25) is 9.59 Å². The lowest BCUT2D eigenvalue weighted by Gasteiger charge is -2.28. The molecule has 0 aromatic heterocycles. The van der Waals surface area contributed by atoms with Gasteiger partial charge >= 0.3 is 0 Å².